The number of hydrogen-bond acceptors (Lipinski definition) is 4. The molecule has 0 unspecified atom stereocenters. The highest BCUT2D eigenvalue weighted by Crippen LogP contribution is 2.45. The Hall–Kier alpha value is -5.01. The van der Waals surface area contributed by atoms with Crippen molar-refractivity contribution in [2.75, 3.05) is 6.61 Å². The minimum atomic E-state index is -0.681. The molecule has 0 saturated heterocycles. The van der Waals surface area contributed by atoms with Gasteiger partial charge in [-0.2, -0.15) is 5.26 Å². The van der Waals surface area contributed by atoms with Gasteiger partial charge in [-0.1, -0.05) is 121 Å². The van der Waals surface area contributed by atoms with E-state index in [1.54, 1.807) is 12.3 Å². The Morgan fingerprint density at radius 1 is 0.649 bits per heavy atom. The summed E-state index contributed by atoms with van der Waals surface area (Å²) in [6.45, 7) is -0.312. The molecule has 0 saturated carbocycles. The Labute approximate surface area is 216 Å². The number of hydrogen-bond donors (Lipinski definition) is 0. The van der Waals surface area contributed by atoms with E-state index >= 15 is 0 Å². The largest absolute Gasteiger partial charge is 0.446 e. The van der Waals surface area contributed by atoms with Gasteiger partial charge in [-0.05, 0) is 39.4 Å². The van der Waals surface area contributed by atoms with Crippen LogP contribution in [0.25, 0.3) is 11.1 Å². The van der Waals surface area contributed by atoms with Crippen molar-refractivity contribution in [1.82, 2.24) is 4.98 Å². The quantitative estimate of drug-likeness (QED) is 0.190. The first-order valence-corrected chi connectivity index (χ1v) is 12.0. The van der Waals surface area contributed by atoms with Crippen molar-refractivity contribution < 1.29 is 9.53 Å². The molecule has 0 radical (unpaired) electrons. The number of rotatable bonds is 7. The van der Waals surface area contributed by atoms with Crippen LogP contribution in [-0.2, 0) is 10.2 Å². The van der Waals surface area contributed by atoms with Gasteiger partial charge < -0.3 is 4.74 Å². The zero-order chi connectivity index (χ0) is 25.5. The lowest BCUT2D eigenvalue weighted by molar-refractivity contribution is 0.0548. The number of carbonyl (C=O) groups is 1. The molecular formula is C33H24N2O2. The highest BCUT2D eigenvalue weighted by atomic mass is 16.5. The molecule has 0 aliphatic carbocycles. The Kier molecular flexibility index (Phi) is 6.87. The number of nitriles is 1. The number of esters is 1. The maximum Gasteiger partial charge on any atom is 0.357 e. The van der Waals surface area contributed by atoms with Gasteiger partial charge in [-0.15, -0.1) is 0 Å². The van der Waals surface area contributed by atoms with Crippen LogP contribution < -0.4 is 0 Å². The van der Waals surface area contributed by atoms with E-state index < -0.39 is 11.4 Å². The minimum Gasteiger partial charge on any atom is -0.446 e. The van der Waals surface area contributed by atoms with Crippen molar-refractivity contribution in [3.8, 4) is 17.2 Å². The number of benzene rings is 4. The smallest absolute Gasteiger partial charge is 0.357 e. The monoisotopic (exact) mass is 480 g/mol. The molecule has 4 heteroatoms. The average molecular weight is 481 g/mol. The lowest BCUT2D eigenvalue weighted by Gasteiger charge is -2.36. The van der Waals surface area contributed by atoms with Crippen LogP contribution >= 0.6 is 0 Å². The van der Waals surface area contributed by atoms with E-state index in [-0.39, 0.29) is 12.3 Å². The summed E-state index contributed by atoms with van der Waals surface area (Å²) in [6.07, 6.45) is 1.73. The van der Waals surface area contributed by atoms with Gasteiger partial charge in [0.15, 0.2) is 6.61 Å². The maximum absolute atomic E-state index is 12.3. The van der Waals surface area contributed by atoms with Gasteiger partial charge in [0.1, 0.15) is 11.8 Å². The standard InChI is InChI=1S/C33H24N2O2/c34-22-23-37-32(36)31-21-20-30(24-35-31)33(27-12-6-2-7-13-27,28-14-8-3-9-15-28)29-18-16-26(17-19-29)25-10-4-1-5-11-25/h1-21,24H,23H2. The molecule has 1 heterocycles. The lowest BCUT2D eigenvalue weighted by atomic mass is 9.65. The second kappa shape index (κ2) is 10.7. The summed E-state index contributed by atoms with van der Waals surface area (Å²) < 4.78 is 4.95. The van der Waals surface area contributed by atoms with Crippen molar-refractivity contribution in [2.45, 2.75) is 5.41 Å². The average Bonchev–Trinajstić information content (AvgIpc) is 2.98. The molecule has 0 fully saturated rings. The summed E-state index contributed by atoms with van der Waals surface area (Å²) in [5.74, 6) is -0.620. The molecule has 0 aliphatic rings. The zero-order valence-corrected chi connectivity index (χ0v) is 20.1. The van der Waals surface area contributed by atoms with Gasteiger partial charge in [-0.25, -0.2) is 9.78 Å². The Bertz CT molecular complexity index is 1470. The fraction of sp³-hybridized carbons (Fsp3) is 0.0606. The van der Waals surface area contributed by atoms with E-state index in [4.69, 9.17) is 10.00 Å². The topological polar surface area (TPSA) is 63.0 Å². The molecule has 5 rings (SSSR count). The van der Waals surface area contributed by atoms with E-state index in [0.29, 0.717) is 0 Å². The third-order valence-electron chi connectivity index (χ3n) is 6.51. The molecule has 0 spiro atoms. The molecule has 4 aromatic carbocycles. The van der Waals surface area contributed by atoms with E-state index in [0.717, 1.165) is 33.4 Å². The predicted octanol–water partition coefficient (Wildman–Crippen LogP) is 6.81. The number of ether oxygens (including phenoxy) is 1. The van der Waals surface area contributed by atoms with Crippen LogP contribution in [0.3, 0.4) is 0 Å². The molecule has 178 valence electrons. The SMILES string of the molecule is N#CCOC(=O)c1ccc(C(c2ccccc2)(c2ccccc2)c2ccc(-c3ccccc3)cc2)cn1. The third kappa shape index (κ3) is 4.63. The fourth-order valence-corrected chi connectivity index (χ4v) is 4.83. The molecule has 0 atom stereocenters. The van der Waals surface area contributed by atoms with Gasteiger partial charge in [0.05, 0.1) is 5.41 Å². The summed E-state index contributed by atoms with van der Waals surface area (Å²) in [5, 5.41) is 8.74. The van der Waals surface area contributed by atoms with Crippen LogP contribution in [0.1, 0.15) is 32.7 Å². The van der Waals surface area contributed by atoms with Crippen molar-refractivity contribution in [2.24, 2.45) is 0 Å². The predicted molar refractivity (Wildman–Crippen MR) is 144 cm³/mol. The van der Waals surface area contributed by atoms with Gasteiger partial charge in [0.2, 0.25) is 0 Å². The first-order valence-electron chi connectivity index (χ1n) is 12.0. The number of aromatic nitrogens is 1. The van der Waals surface area contributed by atoms with Crippen LogP contribution in [0.2, 0.25) is 0 Å². The van der Waals surface area contributed by atoms with Crippen LogP contribution in [0, 0.1) is 11.3 Å². The summed E-state index contributed by atoms with van der Waals surface area (Å²) in [6, 6.07) is 44.9. The van der Waals surface area contributed by atoms with Gasteiger partial charge in [0.25, 0.3) is 0 Å². The molecule has 5 aromatic rings. The van der Waals surface area contributed by atoms with Gasteiger partial charge >= 0.3 is 5.97 Å². The van der Waals surface area contributed by atoms with Crippen LogP contribution in [0.15, 0.2) is 134 Å². The van der Waals surface area contributed by atoms with Crippen LogP contribution in [0.5, 0.6) is 0 Å². The van der Waals surface area contributed by atoms with Crippen molar-refractivity contribution >= 4 is 5.97 Å². The molecule has 37 heavy (non-hydrogen) atoms. The number of nitrogens with zero attached hydrogens (tertiary/aromatic N) is 2. The van der Waals surface area contributed by atoms with E-state index in [1.165, 1.54) is 0 Å². The summed E-state index contributed by atoms with van der Waals surface area (Å²) in [5.41, 5.74) is 5.91. The summed E-state index contributed by atoms with van der Waals surface area (Å²) in [7, 11) is 0. The molecule has 4 nitrogen and oxygen atoms in total. The number of pyridine rings is 1. The van der Waals surface area contributed by atoms with E-state index in [9.17, 15) is 4.79 Å². The Balaban J connectivity index is 1.71. The molecule has 0 aliphatic heterocycles. The molecular weight excluding hydrogens is 456 g/mol. The third-order valence-corrected chi connectivity index (χ3v) is 6.51. The minimum absolute atomic E-state index is 0.161. The first-order chi connectivity index (χ1) is 18.2. The highest BCUT2D eigenvalue weighted by Gasteiger charge is 2.38. The first kappa shape index (κ1) is 23.7. The Morgan fingerprint density at radius 3 is 1.65 bits per heavy atom. The lowest BCUT2D eigenvalue weighted by Crippen LogP contribution is -2.31. The second-order valence-electron chi connectivity index (χ2n) is 8.59. The van der Waals surface area contributed by atoms with Gasteiger partial charge in [-0.3, -0.25) is 0 Å². The van der Waals surface area contributed by atoms with E-state index in [2.05, 4.69) is 65.6 Å². The zero-order valence-electron chi connectivity index (χ0n) is 20.1. The van der Waals surface area contributed by atoms with Crippen molar-refractivity contribution in [3.63, 3.8) is 0 Å². The highest BCUT2D eigenvalue weighted by molar-refractivity contribution is 5.87. The van der Waals surface area contributed by atoms with Crippen LogP contribution in [-0.4, -0.2) is 17.6 Å². The Morgan fingerprint density at radius 2 is 1.14 bits per heavy atom. The molecule has 0 N–H and O–H groups in total. The second-order valence-corrected chi connectivity index (χ2v) is 8.59. The fourth-order valence-electron chi connectivity index (χ4n) is 4.83. The summed E-state index contributed by atoms with van der Waals surface area (Å²) in [4.78, 5) is 16.8. The van der Waals surface area contributed by atoms with Gasteiger partial charge in [0, 0.05) is 6.20 Å². The normalized spacial score (nSPS) is 10.9. The van der Waals surface area contributed by atoms with Crippen molar-refractivity contribution in [3.05, 3.63) is 162 Å². The van der Waals surface area contributed by atoms with E-state index in [1.807, 2.05) is 66.7 Å². The molecule has 1 aromatic heterocycles. The number of carbonyl (C=O) groups excluding carboxylic acids is 1. The van der Waals surface area contributed by atoms with Crippen molar-refractivity contribution in [1.29, 1.82) is 5.26 Å². The molecule has 0 amide bonds. The summed E-state index contributed by atoms with van der Waals surface area (Å²) >= 11 is 0. The molecule has 0 bridgehead atoms. The maximum atomic E-state index is 12.3. The van der Waals surface area contributed by atoms with Crippen LogP contribution in [0.4, 0.5) is 0 Å².